The van der Waals surface area contributed by atoms with Gasteiger partial charge in [-0.25, -0.2) is 9.97 Å². The molecule has 0 amide bonds. The molecule has 1 aromatic rings. The Morgan fingerprint density at radius 2 is 2.00 bits per heavy atom. The monoisotopic (exact) mass is 301 g/mol. The minimum absolute atomic E-state index is 0.0468. The second-order valence-corrected chi connectivity index (χ2v) is 7.27. The summed E-state index contributed by atoms with van der Waals surface area (Å²) in [4.78, 5) is 22.8. The van der Waals surface area contributed by atoms with Gasteiger partial charge >= 0.3 is 5.97 Å². The summed E-state index contributed by atoms with van der Waals surface area (Å²) in [7, 11) is 0. The summed E-state index contributed by atoms with van der Waals surface area (Å²) in [6.07, 6.45) is 9.74. The van der Waals surface area contributed by atoms with Crippen LogP contribution in [0.5, 0.6) is 0 Å². The molecule has 1 atom stereocenters. The number of carboxylic acid groups (broad SMARTS) is 1. The number of aliphatic carboxylic acids is 1. The van der Waals surface area contributed by atoms with E-state index in [0.29, 0.717) is 12.5 Å². The first-order chi connectivity index (χ1) is 10.7. The maximum Gasteiger partial charge on any atom is 0.308 e. The van der Waals surface area contributed by atoms with Crippen LogP contribution in [0.3, 0.4) is 0 Å². The molecule has 0 radical (unpaired) electrons. The minimum Gasteiger partial charge on any atom is -0.481 e. The maximum atomic E-state index is 11.8. The van der Waals surface area contributed by atoms with Crippen molar-refractivity contribution in [3.63, 3.8) is 0 Å². The van der Waals surface area contributed by atoms with Crippen molar-refractivity contribution in [2.45, 2.75) is 50.9 Å². The Morgan fingerprint density at radius 1 is 1.23 bits per heavy atom. The number of aromatic nitrogens is 2. The number of carboxylic acids is 1. The van der Waals surface area contributed by atoms with Crippen LogP contribution in [0.25, 0.3) is 0 Å². The highest BCUT2D eigenvalue weighted by molar-refractivity contribution is 5.73. The summed E-state index contributed by atoms with van der Waals surface area (Å²) >= 11 is 0. The number of rotatable bonds is 3. The van der Waals surface area contributed by atoms with Crippen molar-refractivity contribution < 1.29 is 9.90 Å². The van der Waals surface area contributed by atoms with E-state index in [1.54, 1.807) is 6.33 Å². The lowest BCUT2D eigenvalue weighted by molar-refractivity contribution is -0.145. The van der Waals surface area contributed by atoms with Crippen molar-refractivity contribution in [2.24, 2.45) is 11.3 Å². The van der Waals surface area contributed by atoms with Crippen LogP contribution in [0.1, 0.15) is 56.6 Å². The first-order valence-corrected chi connectivity index (χ1v) is 8.48. The van der Waals surface area contributed by atoms with E-state index in [2.05, 4.69) is 20.9 Å². The molecule has 5 nitrogen and oxygen atoms in total. The van der Waals surface area contributed by atoms with Crippen molar-refractivity contribution in [1.82, 2.24) is 9.97 Å². The molecule has 4 rings (SSSR count). The largest absolute Gasteiger partial charge is 0.481 e. The molecule has 0 aromatic carbocycles. The third-order valence-electron chi connectivity index (χ3n) is 5.79. The summed E-state index contributed by atoms with van der Waals surface area (Å²) in [6, 6.07) is 2.08. The highest BCUT2D eigenvalue weighted by Gasteiger charge is 2.50. The van der Waals surface area contributed by atoms with Gasteiger partial charge in [0.15, 0.2) is 0 Å². The predicted octanol–water partition coefficient (Wildman–Crippen LogP) is 2.83. The van der Waals surface area contributed by atoms with Crippen LogP contribution in [-0.2, 0) is 4.79 Å². The van der Waals surface area contributed by atoms with Gasteiger partial charge in [0.05, 0.1) is 5.92 Å². The predicted molar refractivity (Wildman–Crippen MR) is 82.9 cm³/mol. The van der Waals surface area contributed by atoms with Crippen LogP contribution in [0, 0.1) is 11.3 Å². The Morgan fingerprint density at radius 3 is 2.68 bits per heavy atom. The smallest absolute Gasteiger partial charge is 0.308 e. The molecular weight excluding hydrogens is 278 g/mol. The van der Waals surface area contributed by atoms with Crippen molar-refractivity contribution in [1.29, 1.82) is 0 Å². The first-order valence-electron chi connectivity index (χ1n) is 8.48. The molecule has 5 heteroatoms. The standard InChI is InChI=1S/C17H23N3O2/c21-16(22)13-9-20(10-17(13)6-2-1-3-7-17)15-8-14(12-4-5-12)18-11-19-15/h8,11-13H,1-7,9-10H2,(H,21,22)/t13-/m1/s1. The zero-order chi connectivity index (χ0) is 15.2. The maximum absolute atomic E-state index is 11.8. The van der Waals surface area contributed by atoms with Gasteiger partial charge < -0.3 is 10.0 Å². The van der Waals surface area contributed by atoms with Crippen molar-refractivity contribution in [3.05, 3.63) is 18.1 Å². The molecule has 1 saturated heterocycles. The second-order valence-electron chi connectivity index (χ2n) is 7.27. The Labute approximate surface area is 130 Å². The topological polar surface area (TPSA) is 66.3 Å². The molecule has 2 saturated carbocycles. The quantitative estimate of drug-likeness (QED) is 0.930. The van der Waals surface area contributed by atoms with Crippen molar-refractivity contribution >= 4 is 11.8 Å². The number of carbonyl (C=O) groups is 1. The minimum atomic E-state index is -0.638. The normalized spacial score (nSPS) is 27.3. The summed E-state index contributed by atoms with van der Waals surface area (Å²) in [5, 5.41) is 9.69. The fourth-order valence-electron chi connectivity index (χ4n) is 4.38. The number of nitrogens with zero attached hydrogens (tertiary/aromatic N) is 3. The molecule has 2 heterocycles. The van der Waals surface area contributed by atoms with E-state index in [-0.39, 0.29) is 11.3 Å². The van der Waals surface area contributed by atoms with Gasteiger partial charge in [-0.2, -0.15) is 0 Å². The fraction of sp³-hybridized carbons (Fsp3) is 0.706. The summed E-state index contributed by atoms with van der Waals surface area (Å²) in [5.74, 6) is 0.627. The van der Waals surface area contributed by atoms with Gasteiger partial charge in [0.25, 0.3) is 0 Å². The molecule has 1 aromatic heterocycles. The van der Waals surface area contributed by atoms with Gasteiger partial charge in [0.2, 0.25) is 0 Å². The van der Waals surface area contributed by atoms with E-state index in [0.717, 1.165) is 43.7 Å². The summed E-state index contributed by atoms with van der Waals surface area (Å²) < 4.78 is 0. The van der Waals surface area contributed by atoms with E-state index < -0.39 is 5.97 Å². The van der Waals surface area contributed by atoms with Gasteiger partial charge in [-0.15, -0.1) is 0 Å². The average molecular weight is 301 g/mol. The van der Waals surface area contributed by atoms with E-state index >= 15 is 0 Å². The number of hydrogen-bond acceptors (Lipinski definition) is 4. The van der Waals surface area contributed by atoms with Gasteiger partial charge in [-0.3, -0.25) is 4.79 Å². The zero-order valence-electron chi connectivity index (χ0n) is 12.9. The third kappa shape index (κ3) is 2.36. The van der Waals surface area contributed by atoms with E-state index in [1.165, 1.54) is 19.3 Å². The van der Waals surface area contributed by atoms with Gasteiger partial charge in [0, 0.05) is 36.2 Å². The molecule has 118 valence electrons. The molecule has 3 aliphatic rings. The van der Waals surface area contributed by atoms with Crippen molar-refractivity contribution in [3.8, 4) is 0 Å². The third-order valence-corrected chi connectivity index (χ3v) is 5.79. The fourth-order valence-corrected chi connectivity index (χ4v) is 4.38. The van der Waals surface area contributed by atoms with Crippen LogP contribution >= 0.6 is 0 Å². The highest BCUT2D eigenvalue weighted by Crippen LogP contribution is 2.48. The molecule has 22 heavy (non-hydrogen) atoms. The molecule has 2 aliphatic carbocycles. The average Bonchev–Trinajstić information content (AvgIpc) is 3.32. The lowest BCUT2D eigenvalue weighted by Gasteiger charge is -2.36. The Hall–Kier alpha value is -1.65. The van der Waals surface area contributed by atoms with E-state index in [9.17, 15) is 9.90 Å². The van der Waals surface area contributed by atoms with E-state index in [4.69, 9.17) is 0 Å². The van der Waals surface area contributed by atoms with Crippen LogP contribution in [-0.4, -0.2) is 34.1 Å². The lowest BCUT2D eigenvalue weighted by atomic mass is 9.68. The molecule has 3 fully saturated rings. The van der Waals surface area contributed by atoms with Crippen LogP contribution in [0.15, 0.2) is 12.4 Å². The summed E-state index contributed by atoms with van der Waals surface area (Å²) in [6.45, 7) is 1.43. The van der Waals surface area contributed by atoms with Gasteiger partial charge in [-0.1, -0.05) is 19.3 Å². The number of hydrogen-bond donors (Lipinski definition) is 1. The SMILES string of the molecule is O=C(O)[C@H]1CN(c2cc(C3CC3)ncn2)CC12CCCCC2. The Bertz CT molecular complexity index is 579. The zero-order valence-corrected chi connectivity index (χ0v) is 12.9. The Balaban J connectivity index is 1.60. The molecule has 1 aliphatic heterocycles. The molecule has 1 N–H and O–H groups in total. The Kier molecular flexibility index (Phi) is 3.31. The van der Waals surface area contributed by atoms with Crippen LogP contribution in [0.2, 0.25) is 0 Å². The van der Waals surface area contributed by atoms with Gasteiger partial charge in [0.1, 0.15) is 12.1 Å². The molecule has 1 spiro atoms. The molecule has 0 unspecified atom stereocenters. The molecular formula is C17H23N3O2. The first kappa shape index (κ1) is 14.0. The summed E-state index contributed by atoms with van der Waals surface area (Å²) in [5.41, 5.74) is 1.08. The van der Waals surface area contributed by atoms with Gasteiger partial charge in [-0.05, 0) is 25.7 Å². The molecule has 0 bridgehead atoms. The highest BCUT2D eigenvalue weighted by atomic mass is 16.4. The lowest BCUT2D eigenvalue weighted by Crippen LogP contribution is -2.36. The number of anilines is 1. The second kappa shape index (κ2) is 5.21. The van der Waals surface area contributed by atoms with Crippen LogP contribution in [0.4, 0.5) is 5.82 Å². The van der Waals surface area contributed by atoms with Crippen molar-refractivity contribution in [2.75, 3.05) is 18.0 Å². The van der Waals surface area contributed by atoms with Crippen LogP contribution < -0.4 is 4.90 Å². The van der Waals surface area contributed by atoms with E-state index in [1.807, 2.05) is 0 Å².